The average Bonchev–Trinajstić information content (AvgIpc) is 2.73. The van der Waals surface area contributed by atoms with Gasteiger partial charge in [-0.1, -0.05) is 18.2 Å². The monoisotopic (exact) mass is 448 g/mol. The number of likely N-dealkylation sites (N-methyl/N-ethyl adjacent to an activating group) is 1. The fourth-order valence-electron chi connectivity index (χ4n) is 2.85. The zero-order valence-electron chi connectivity index (χ0n) is 18.1. The normalized spacial score (nSPS) is 11.1. The molecule has 0 radical (unpaired) electrons. The van der Waals surface area contributed by atoms with Crippen LogP contribution in [0, 0.1) is 0 Å². The number of alkyl halides is 2. The van der Waals surface area contributed by atoms with E-state index in [0.29, 0.717) is 24.4 Å². The first-order chi connectivity index (χ1) is 15.3. The molecule has 0 saturated carbocycles. The number of carbonyl (C=O) groups excluding carboxylic acids is 2. The van der Waals surface area contributed by atoms with Crippen molar-refractivity contribution in [3.8, 4) is 11.5 Å². The maximum atomic E-state index is 12.6. The van der Waals surface area contributed by atoms with E-state index in [1.807, 2.05) is 0 Å². The minimum atomic E-state index is -2.96. The summed E-state index contributed by atoms with van der Waals surface area (Å²) >= 11 is 0. The Morgan fingerprint density at radius 1 is 1.12 bits per heavy atom. The highest BCUT2D eigenvalue weighted by molar-refractivity contribution is 5.92. The third kappa shape index (κ3) is 8.35. The van der Waals surface area contributed by atoms with E-state index in [0.717, 1.165) is 5.56 Å². The van der Waals surface area contributed by atoms with Crippen molar-refractivity contribution in [2.24, 2.45) is 0 Å². The Hall–Kier alpha value is -3.46. The zero-order valence-corrected chi connectivity index (χ0v) is 18.1. The van der Waals surface area contributed by atoms with Crippen molar-refractivity contribution in [2.45, 2.75) is 20.1 Å². The van der Waals surface area contributed by atoms with E-state index in [1.54, 1.807) is 61.3 Å². The lowest BCUT2D eigenvalue weighted by molar-refractivity contribution is -0.137. The Morgan fingerprint density at radius 3 is 2.47 bits per heavy atom. The fraction of sp³-hybridized carbons (Fsp3) is 0.304. The van der Waals surface area contributed by atoms with Crippen molar-refractivity contribution in [3.05, 3.63) is 59.7 Å². The fourth-order valence-corrected chi connectivity index (χ4v) is 2.85. The minimum absolute atomic E-state index is 0.0602. The summed E-state index contributed by atoms with van der Waals surface area (Å²) < 4.78 is 39.5. The van der Waals surface area contributed by atoms with Gasteiger partial charge in [-0.05, 0) is 55.4 Å². The van der Waals surface area contributed by atoms with E-state index < -0.39 is 12.6 Å². The smallest absolute Gasteiger partial charge is 0.387 e. The first-order valence-corrected chi connectivity index (χ1v) is 9.85. The summed E-state index contributed by atoms with van der Waals surface area (Å²) in [7, 11) is 3.10. The summed E-state index contributed by atoms with van der Waals surface area (Å²) in [5, 5.41) is 2.79. The quantitative estimate of drug-likeness (QED) is 0.415. The van der Waals surface area contributed by atoms with Gasteiger partial charge in [0.15, 0.2) is 11.5 Å². The van der Waals surface area contributed by atoms with Gasteiger partial charge >= 0.3 is 12.6 Å². The minimum Gasteiger partial charge on any atom is -0.493 e. The van der Waals surface area contributed by atoms with Crippen molar-refractivity contribution in [2.75, 3.05) is 32.6 Å². The molecule has 0 bridgehead atoms. The van der Waals surface area contributed by atoms with Gasteiger partial charge in [-0.15, -0.1) is 0 Å². The molecule has 172 valence electrons. The molecule has 0 fully saturated rings. The van der Waals surface area contributed by atoms with Crippen molar-refractivity contribution in [1.82, 2.24) is 4.90 Å². The number of amides is 1. The number of methoxy groups -OCH3 is 1. The molecular formula is C23H26F2N2O5. The van der Waals surface area contributed by atoms with Crippen molar-refractivity contribution in [1.29, 1.82) is 0 Å². The maximum absolute atomic E-state index is 12.6. The number of esters is 1. The number of carbonyl (C=O) groups is 2. The van der Waals surface area contributed by atoms with Crippen LogP contribution in [0.2, 0.25) is 0 Å². The molecule has 0 unspecified atom stereocenters. The number of hydrogen-bond acceptors (Lipinski definition) is 6. The number of nitrogens with zero attached hydrogens (tertiary/aromatic N) is 1. The highest BCUT2D eigenvalue weighted by atomic mass is 19.3. The third-order valence-corrected chi connectivity index (χ3v) is 4.20. The summed E-state index contributed by atoms with van der Waals surface area (Å²) in [6, 6.07) is 11.7. The van der Waals surface area contributed by atoms with Crippen LogP contribution in [0.5, 0.6) is 11.5 Å². The van der Waals surface area contributed by atoms with Gasteiger partial charge in [0.1, 0.15) is 0 Å². The molecule has 9 heteroatoms. The molecule has 2 aromatic rings. The molecule has 0 atom stereocenters. The first-order valence-electron chi connectivity index (χ1n) is 9.85. The van der Waals surface area contributed by atoms with Crippen LogP contribution in [0.25, 0.3) is 6.08 Å². The summed E-state index contributed by atoms with van der Waals surface area (Å²) in [5.74, 6) is -0.512. The van der Waals surface area contributed by atoms with Gasteiger partial charge in [-0.25, -0.2) is 4.79 Å². The van der Waals surface area contributed by atoms with Crippen molar-refractivity contribution in [3.63, 3.8) is 0 Å². The molecule has 2 rings (SSSR count). The van der Waals surface area contributed by atoms with E-state index in [9.17, 15) is 18.4 Å². The Bertz CT molecular complexity index is 932. The lowest BCUT2D eigenvalue weighted by atomic mass is 10.2. The molecule has 32 heavy (non-hydrogen) atoms. The van der Waals surface area contributed by atoms with Crippen molar-refractivity contribution >= 4 is 23.6 Å². The predicted octanol–water partition coefficient (Wildman–Crippen LogP) is 3.94. The van der Waals surface area contributed by atoms with Crippen LogP contribution in [0.1, 0.15) is 18.1 Å². The highest BCUT2D eigenvalue weighted by Gasteiger charge is 2.13. The second-order valence-electron chi connectivity index (χ2n) is 6.79. The summed E-state index contributed by atoms with van der Waals surface area (Å²) in [6.07, 6.45) is 2.96. The van der Waals surface area contributed by atoms with E-state index in [1.165, 1.54) is 19.3 Å². The van der Waals surface area contributed by atoms with Crippen molar-refractivity contribution < 1.29 is 32.6 Å². The molecule has 0 aliphatic carbocycles. The molecule has 0 aliphatic rings. The van der Waals surface area contributed by atoms with Crippen LogP contribution in [0.3, 0.4) is 0 Å². The molecule has 1 amide bonds. The lowest BCUT2D eigenvalue weighted by Gasteiger charge is -2.18. The molecule has 0 aliphatic heterocycles. The van der Waals surface area contributed by atoms with E-state index in [4.69, 9.17) is 9.47 Å². The van der Waals surface area contributed by atoms with Crippen LogP contribution in [0.15, 0.2) is 48.5 Å². The van der Waals surface area contributed by atoms with Gasteiger partial charge in [0, 0.05) is 18.3 Å². The van der Waals surface area contributed by atoms with Gasteiger partial charge < -0.3 is 19.5 Å². The molecule has 0 spiro atoms. The number of nitrogens with one attached hydrogen (secondary N) is 1. The van der Waals surface area contributed by atoms with Gasteiger partial charge in [0.05, 0.1) is 20.3 Å². The molecule has 0 aromatic heterocycles. The number of halogens is 2. The largest absolute Gasteiger partial charge is 0.493 e. The van der Waals surface area contributed by atoms with Gasteiger partial charge in [0.25, 0.3) is 0 Å². The Morgan fingerprint density at radius 2 is 1.84 bits per heavy atom. The van der Waals surface area contributed by atoms with E-state index >= 15 is 0 Å². The first kappa shape index (κ1) is 24.8. The van der Waals surface area contributed by atoms with Crippen LogP contribution >= 0.6 is 0 Å². The lowest BCUT2D eigenvalue weighted by Crippen LogP contribution is -2.29. The molecular weight excluding hydrogens is 422 g/mol. The predicted molar refractivity (Wildman–Crippen MR) is 117 cm³/mol. The summed E-state index contributed by atoms with van der Waals surface area (Å²) in [6.45, 7) is -0.492. The molecule has 1 N–H and O–H groups in total. The summed E-state index contributed by atoms with van der Waals surface area (Å²) in [5.41, 5.74) is 2.08. The molecule has 2 aromatic carbocycles. The maximum Gasteiger partial charge on any atom is 0.387 e. The van der Waals surface area contributed by atoms with E-state index in [-0.39, 0.29) is 24.0 Å². The summed E-state index contributed by atoms with van der Waals surface area (Å²) in [4.78, 5) is 25.4. The number of ether oxygens (including phenoxy) is 3. The number of hydrogen-bond donors (Lipinski definition) is 1. The number of rotatable bonds is 11. The highest BCUT2D eigenvalue weighted by Crippen LogP contribution is 2.29. The number of benzene rings is 2. The molecule has 0 saturated heterocycles. The van der Waals surface area contributed by atoms with E-state index in [2.05, 4.69) is 10.1 Å². The van der Waals surface area contributed by atoms with Crippen LogP contribution < -0.4 is 14.8 Å². The van der Waals surface area contributed by atoms with Crippen LogP contribution in [0.4, 0.5) is 14.5 Å². The van der Waals surface area contributed by atoms with Gasteiger partial charge in [-0.3, -0.25) is 9.69 Å². The van der Waals surface area contributed by atoms with Gasteiger partial charge in [-0.2, -0.15) is 8.78 Å². The Labute approximate surface area is 185 Å². The Kier molecular flexibility index (Phi) is 9.62. The van der Waals surface area contributed by atoms with Gasteiger partial charge in [0.2, 0.25) is 5.91 Å². The number of anilines is 1. The molecule has 0 heterocycles. The topological polar surface area (TPSA) is 77.1 Å². The Balaban J connectivity index is 1.89. The second kappa shape index (κ2) is 12.4. The third-order valence-electron chi connectivity index (χ3n) is 4.20. The van der Waals surface area contributed by atoms with Crippen LogP contribution in [-0.4, -0.2) is 50.7 Å². The standard InChI is InChI=1S/C23H26F2N2O5/c1-4-31-22(29)12-8-16-5-9-18(10-6-16)26-21(28)15-27(2)14-17-7-11-19(30-3)20(13-17)32-23(24)25/h5-13,23H,4,14-15H2,1-3H3,(H,26,28)/b12-8+. The average molecular weight is 448 g/mol. The second-order valence-corrected chi connectivity index (χ2v) is 6.79. The zero-order chi connectivity index (χ0) is 23.5. The molecule has 7 nitrogen and oxygen atoms in total. The van der Waals surface area contributed by atoms with Crippen LogP contribution in [-0.2, 0) is 20.9 Å². The SMILES string of the molecule is CCOC(=O)/C=C/c1ccc(NC(=O)CN(C)Cc2ccc(OC)c(OC(F)F)c2)cc1.